The Morgan fingerprint density at radius 3 is 2.40 bits per heavy atom. The summed E-state index contributed by atoms with van der Waals surface area (Å²) in [7, 11) is 0. The highest BCUT2D eigenvalue weighted by Gasteiger charge is 2.02. The molecule has 0 saturated heterocycles. The Bertz CT molecular complexity index is 546. The smallest absolute Gasteiger partial charge is 0.0906 e. The van der Waals surface area contributed by atoms with E-state index in [1.165, 1.54) is 27.8 Å². The van der Waals surface area contributed by atoms with Crippen LogP contribution in [0.1, 0.15) is 23.1 Å². The van der Waals surface area contributed by atoms with Crippen LogP contribution in [0.25, 0.3) is 11.1 Å². The lowest BCUT2D eigenvalue weighted by Gasteiger charge is -2.09. The topological polar surface area (TPSA) is 12.0 Å². The SMILES string of the molecule is Cc1ccc(-c2ccc(CNCCCF)cc2)c(C)c1. The molecule has 0 aliphatic rings. The molecule has 2 aromatic carbocycles. The predicted molar refractivity (Wildman–Crippen MR) is 83.7 cm³/mol. The van der Waals surface area contributed by atoms with E-state index < -0.39 is 0 Å². The summed E-state index contributed by atoms with van der Waals surface area (Å²) >= 11 is 0. The molecule has 0 fully saturated rings. The van der Waals surface area contributed by atoms with Crippen molar-refractivity contribution in [2.24, 2.45) is 0 Å². The fourth-order valence-electron chi connectivity index (χ4n) is 2.36. The van der Waals surface area contributed by atoms with Crippen LogP contribution >= 0.6 is 0 Å². The summed E-state index contributed by atoms with van der Waals surface area (Å²) in [4.78, 5) is 0. The minimum atomic E-state index is -0.251. The molecule has 2 rings (SSSR count). The van der Waals surface area contributed by atoms with E-state index in [2.05, 4.69) is 61.6 Å². The van der Waals surface area contributed by atoms with Crippen molar-refractivity contribution in [3.05, 3.63) is 59.2 Å². The Balaban J connectivity index is 2.04. The molecule has 0 atom stereocenters. The van der Waals surface area contributed by atoms with Gasteiger partial charge in [-0.1, -0.05) is 48.0 Å². The molecule has 1 N–H and O–H groups in total. The number of halogens is 1. The number of rotatable bonds is 6. The van der Waals surface area contributed by atoms with Crippen molar-refractivity contribution in [2.45, 2.75) is 26.8 Å². The quantitative estimate of drug-likeness (QED) is 0.767. The van der Waals surface area contributed by atoms with E-state index in [1.807, 2.05) is 0 Å². The van der Waals surface area contributed by atoms with Crippen LogP contribution in [-0.2, 0) is 6.54 Å². The van der Waals surface area contributed by atoms with Crippen LogP contribution in [0.5, 0.6) is 0 Å². The summed E-state index contributed by atoms with van der Waals surface area (Å²) < 4.78 is 12.0. The van der Waals surface area contributed by atoms with Gasteiger partial charge < -0.3 is 5.32 Å². The molecule has 0 radical (unpaired) electrons. The first-order chi connectivity index (χ1) is 9.70. The lowest BCUT2D eigenvalue weighted by molar-refractivity contribution is 0.459. The van der Waals surface area contributed by atoms with Crippen LogP contribution in [0.3, 0.4) is 0 Å². The van der Waals surface area contributed by atoms with E-state index in [-0.39, 0.29) is 6.67 Å². The van der Waals surface area contributed by atoms with E-state index in [0.717, 1.165) is 13.1 Å². The second-order valence-electron chi connectivity index (χ2n) is 5.23. The lowest BCUT2D eigenvalue weighted by atomic mass is 9.98. The molecule has 106 valence electrons. The second kappa shape index (κ2) is 7.20. The van der Waals surface area contributed by atoms with Gasteiger partial charge in [0.2, 0.25) is 0 Å². The minimum absolute atomic E-state index is 0.251. The molecule has 0 bridgehead atoms. The van der Waals surface area contributed by atoms with Gasteiger partial charge >= 0.3 is 0 Å². The van der Waals surface area contributed by atoms with Gasteiger partial charge in [-0.25, -0.2) is 0 Å². The highest BCUT2D eigenvalue weighted by Crippen LogP contribution is 2.24. The molecule has 0 spiro atoms. The van der Waals surface area contributed by atoms with Crippen LogP contribution in [-0.4, -0.2) is 13.2 Å². The van der Waals surface area contributed by atoms with Gasteiger partial charge in [0.1, 0.15) is 0 Å². The maximum atomic E-state index is 12.0. The van der Waals surface area contributed by atoms with E-state index in [4.69, 9.17) is 0 Å². The standard InChI is InChI=1S/C18H22FN/c1-14-4-9-18(15(2)12-14)17-7-5-16(6-8-17)13-20-11-3-10-19/h4-9,12,20H,3,10-11,13H2,1-2H3. The summed E-state index contributed by atoms with van der Waals surface area (Å²) in [6.45, 7) is 5.54. The first-order valence-corrected chi connectivity index (χ1v) is 7.14. The molecule has 2 heteroatoms. The molecule has 0 aromatic heterocycles. The number of nitrogens with one attached hydrogen (secondary N) is 1. The Labute approximate surface area is 120 Å². The Kier molecular flexibility index (Phi) is 5.31. The van der Waals surface area contributed by atoms with Gasteiger partial charge in [0.25, 0.3) is 0 Å². The first-order valence-electron chi connectivity index (χ1n) is 7.14. The van der Waals surface area contributed by atoms with Crippen molar-refractivity contribution in [2.75, 3.05) is 13.2 Å². The van der Waals surface area contributed by atoms with E-state index in [0.29, 0.717) is 6.42 Å². The number of benzene rings is 2. The summed E-state index contributed by atoms with van der Waals surface area (Å²) in [5.41, 5.74) is 6.36. The van der Waals surface area contributed by atoms with Gasteiger partial charge in [0, 0.05) is 6.54 Å². The molecule has 1 nitrogen and oxygen atoms in total. The zero-order valence-electron chi connectivity index (χ0n) is 12.2. The van der Waals surface area contributed by atoms with E-state index >= 15 is 0 Å². The number of hydrogen-bond acceptors (Lipinski definition) is 1. The normalized spacial score (nSPS) is 10.8. The van der Waals surface area contributed by atoms with Crippen LogP contribution in [0.4, 0.5) is 4.39 Å². The van der Waals surface area contributed by atoms with Gasteiger partial charge in [-0.2, -0.15) is 0 Å². The highest BCUT2D eigenvalue weighted by atomic mass is 19.1. The molecular formula is C18H22FN. The van der Waals surface area contributed by atoms with Gasteiger partial charge in [0.15, 0.2) is 0 Å². The van der Waals surface area contributed by atoms with Crippen LogP contribution in [0.2, 0.25) is 0 Å². The summed E-state index contributed by atoms with van der Waals surface area (Å²) in [6, 6.07) is 15.1. The number of aryl methyl sites for hydroxylation is 2. The zero-order valence-corrected chi connectivity index (χ0v) is 12.2. The van der Waals surface area contributed by atoms with Crippen molar-refractivity contribution in [3.63, 3.8) is 0 Å². The Morgan fingerprint density at radius 2 is 1.75 bits per heavy atom. The molecule has 0 aliphatic heterocycles. The van der Waals surface area contributed by atoms with Crippen molar-refractivity contribution < 1.29 is 4.39 Å². The van der Waals surface area contributed by atoms with Gasteiger partial charge in [-0.05, 0) is 49.1 Å². The van der Waals surface area contributed by atoms with Gasteiger partial charge in [-0.15, -0.1) is 0 Å². The van der Waals surface area contributed by atoms with Gasteiger partial charge in [-0.3, -0.25) is 4.39 Å². The van der Waals surface area contributed by atoms with Crippen LogP contribution < -0.4 is 5.32 Å². The fraction of sp³-hybridized carbons (Fsp3) is 0.333. The molecule has 0 aliphatic carbocycles. The van der Waals surface area contributed by atoms with Crippen LogP contribution in [0, 0.1) is 13.8 Å². The fourth-order valence-corrected chi connectivity index (χ4v) is 2.36. The third-order valence-electron chi connectivity index (χ3n) is 3.46. The van der Waals surface area contributed by atoms with Crippen molar-refractivity contribution >= 4 is 0 Å². The average molecular weight is 271 g/mol. The van der Waals surface area contributed by atoms with Crippen LogP contribution in [0.15, 0.2) is 42.5 Å². The summed E-state index contributed by atoms with van der Waals surface area (Å²) in [5, 5.41) is 3.24. The third kappa shape index (κ3) is 3.91. The molecule has 0 amide bonds. The molecule has 20 heavy (non-hydrogen) atoms. The summed E-state index contributed by atoms with van der Waals surface area (Å²) in [6.07, 6.45) is 0.584. The molecule has 0 unspecified atom stereocenters. The Hall–Kier alpha value is -1.67. The summed E-state index contributed by atoms with van der Waals surface area (Å²) in [5.74, 6) is 0. The minimum Gasteiger partial charge on any atom is -0.313 e. The molecular weight excluding hydrogens is 249 g/mol. The molecule has 0 saturated carbocycles. The largest absolute Gasteiger partial charge is 0.313 e. The predicted octanol–water partition coefficient (Wildman–Crippen LogP) is 4.42. The van der Waals surface area contributed by atoms with E-state index in [9.17, 15) is 4.39 Å². The third-order valence-corrected chi connectivity index (χ3v) is 3.46. The monoisotopic (exact) mass is 271 g/mol. The van der Waals surface area contributed by atoms with Crippen molar-refractivity contribution in [3.8, 4) is 11.1 Å². The maximum absolute atomic E-state index is 12.0. The Morgan fingerprint density at radius 1 is 1.00 bits per heavy atom. The van der Waals surface area contributed by atoms with E-state index in [1.54, 1.807) is 0 Å². The molecule has 0 heterocycles. The van der Waals surface area contributed by atoms with Gasteiger partial charge in [0.05, 0.1) is 6.67 Å². The zero-order chi connectivity index (χ0) is 14.4. The second-order valence-corrected chi connectivity index (χ2v) is 5.23. The molecule has 2 aromatic rings. The van der Waals surface area contributed by atoms with Crippen molar-refractivity contribution in [1.29, 1.82) is 0 Å². The average Bonchev–Trinajstić information content (AvgIpc) is 2.45. The lowest BCUT2D eigenvalue weighted by Crippen LogP contribution is -2.14. The van der Waals surface area contributed by atoms with Crippen molar-refractivity contribution in [1.82, 2.24) is 5.32 Å². The number of hydrogen-bond donors (Lipinski definition) is 1. The highest BCUT2D eigenvalue weighted by molar-refractivity contribution is 5.67. The number of alkyl halides is 1. The first kappa shape index (κ1) is 14.7. The maximum Gasteiger partial charge on any atom is 0.0906 e.